The fraction of sp³-hybridized carbons (Fsp3) is 0.435. The Morgan fingerprint density at radius 1 is 1.06 bits per heavy atom. The summed E-state index contributed by atoms with van der Waals surface area (Å²) < 4.78 is 23.7. The summed E-state index contributed by atoms with van der Waals surface area (Å²) in [4.78, 5) is 32.4. The van der Waals surface area contributed by atoms with E-state index in [2.05, 4.69) is 15.2 Å². The van der Waals surface area contributed by atoms with Crippen LogP contribution in [-0.4, -0.2) is 60.3 Å². The number of anilines is 2. The van der Waals surface area contributed by atoms with Crippen molar-refractivity contribution in [3.8, 4) is 5.75 Å². The van der Waals surface area contributed by atoms with E-state index in [1.165, 1.54) is 24.3 Å². The molecule has 3 rings (SSSR count). The van der Waals surface area contributed by atoms with Crippen LogP contribution in [0.4, 0.5) is 20.7 Å². The minimum atomic E-state index is -0.508. The molecule has 32 heavy (non-hydrogen) atoms. The van der Waals surface area contributed by atoms with Crippen LogP contribution in [0.15, 0.2) is 42.6 Å². The van der Waals surface area contributed by atoms with Gasteiger partial charge in [-0.25, -0.2) is 14.2 Å². The van der Waals surface area contributed by atoms with Crippen molar-refractivity contribution in [3.05, 3.63) is 48.4 Å². The number of nitrogens with zero attached hydrogens (tertiary/aromatic N) is 3. The van der Waals surface area contributed by atoms with Crippen molar-refractivity contribution in [1.82, 2.24) is 9.88 Å². The summed E-state index contributed by atoms with van der Waals surface area (Å²) in [5, 5.41) is 2.73. The first-order valence-corrected chi connectivity index (χ1v) is 10.6. The van der Waals surface area contributed by atoms with Gasteiger partial charge in [0.15, 0.2) is 0 Å². The number of hydrogen-bond acceptors (Lipinski definition) is 6. The van der Waals surface area contributed by atoms with Crippen LogP contribution in [0.2, 0.25) is 0 Å². The van der Waals surface area contributed by atoms with Gasteiger partial charge in [-0.15, -0.1) is 0 Å². The highest BCUT2D eigenvalue weighted by Gasteiger charge is 2.26. The number of benzene rings is 1. The molecule has 1 aromatic carbocycles. The lowest BCUT2D eigenvalue weighted by molar-refractivity contribution is -0.116. The standard InChI is InChI=1S/C23H29FN4O4/c1-23(2,3)32-22(30)28-13-11-27(12-14-28)18-6-9-20(25-16-18)26-21(29)10-15-31-19-7-4-17(24)5-8-19/h4-9,16H,10-15H2,1-3H3,(H,25,26,29). The Morgan fingerprint density at radius 2 is 1.75 bits per heavy atom. The summed E-state index contributed by atoms with van der Waals surface area (Å²) in [5.41, 5.74) is 0.414. The Morgan fingerprint density at radius 3 is 2.34 bits per heavy atom. The molecule has 9 heteroatoms. The Kier molecular flexibility index (Phi) is 7.50. The molecule has 2 amide bonds. The van der Waals surface area contributed by atoms with E-state index in [0.29, 0.717) is 37.7 Å². The molecule has 8 nitrogen and oxygen atoms in total. The highest BCUT2D eigenvalue weighted by molar-refractivity contribution is 5.89. The van der Waals surface area contributed by atoms with E-state index in [1.54, 1.807) is 17.2 Å². The monoisotopic (exact) mass is 444 g/mol. The van der Waals surface area contributed by atoms with Crippen molar-refractivity contribution < 1.29 is 23.5 Å². The molecule has 1 fully saturated rings. The normalized spacial score (nSPS) is 14.1. The van der Waals surface area contributed by atoms with E-state index in [4.69, 9.17) is 9.47 Å². The van der Waals surface area contributed by atoms with Crippen LogP contribution in [0, 0.1) is 5.82 Å². The van der Waals surface area contributed by atoms with Gasteiger partial charge in [-0.05, 0) is 57.2 Å². The van der Waals surface area contributed by atoms with Gasteiger partial charge < -0.3 is 24.6 Å². The highest BCUT2D eigenvalue weighted by atomic mass is 19.1. The Hall–Kier alpha value is -3.36. The maximum Gasteiger partial charge on any atom is 0.410 e. The molecule has 0 aliphatic carbocycles. The van der Waals surface area contributed by atoms with Crippen LogP contribution in [0.3, 0.4) is 0 Å². The molecule has 0 atom stereocenters. The van der Waals surface area contributed by atoms with Gasteiger partial charge >= 0.3 is 6.09 Å². The first-order chi connectivity index (χ1) is 15.2. The van der Waals surface area contributed by atoms with Crippen molar-refractivity contribution in [2.45, 2.75) is 32.8 Å². The van der Waals surface area contributed by atoms with Gasteiger partial charge in [-0.3, -0.25) is 4.79 Å². The fourth-order valence-electron chi connectivity index (χ4n) is 3.12. The van der Waals surface area contributed by atoms with Crippen molar-refractivity contribution >= 4 is 23.5 Å². The number of rotatable bonds is 6. The van der Waals surface area contributed by atoms with Gasteiger partial charge in [0.2, 0.25) is 5.91 Å². The summed E-state index contributed by atoms with van der Waals surface area (Å²) >= 11 is 0. The molecule has 172 valence electrons. The summed E-state index contributed by atoms with van der Waals surface area (Å²) in [6, 6.07) is 9.27. The molecule has 0 radical (unpaired) electrons. The van der Waals surface area contributed by atoms with Crippen molar-refractivity contribution in [1.29, 1.82) is 0 Å². The van der Waals surface area contributed by atoms with Crippen LogP contribution in [0.25, 0.3) is 0 Å². The second-order valence-corrected chi connectivity index (χ2v) is 8.46. The van der Waals surface area contributed by atoms with E-state index < -0.39 is 5.60 Å². The predicted molar refractivity (Wildman–Crippen MR) is 119 cm³/mol. The number of nitrogens with one attached hydrogen (secondary N) is 1. The molecule has 1 aromatic heterocycles. The van der Waals surface area contributed by atoms with Gasteiger partial charge in [0, 0.05) is 26.2 Å². The van der Waals surface area contributed by atoms with Crippen LogP contribution < -0.4 is 15.0 Å². The van der Waals surface area contributed by atoms with E-state index in [9.17, 15) is 14.0 Å². The molecule has 1 saturated heterocycles. The van der Waals surface area contributed by atoms with E-state index in [-0.39, 0.29) is 30.8 Å². The highest BCUT2D eigenvalue weighted by Crippen LogP contribution is 2.19. The zero-order valence-electron chi connectivity index (χ0n) is 18.6. The lowest BCUT2D eigenvalue weighted by Crippen LogP contribution is -2.50. The molecular weight excluding hydrogens is 415 g/mol. The number of hydrogen-bond donors (Lipinski definition) is 1. The average molecular weight is 445 g/mol. The molecule has 0 saturated carbocycles. The third-order valence-corrected chi connectivity index (χ3v) is 4.72. The van der Waals surface area contributed by atoms with Gasteiger partial charge in [0.25, 0.3) is 0 Å². The van der Waals surface area contributed by atoms with Gasteiger partial charge in [-0.1, -0.05) is 0 Å². The van der Waals surface area contributed by atoms with E-state index in [0.717, 1.165) is 5.69 Å². The Labute approximate surface area is 187 Å². The Bertz CT molecular complexity index is 905. The second-order valence-electron chi connectivity index (χ2n) is 8.46. The maximum atomic E-state index is 12.9. The number of carbonyl (C=O) groups is 2. The molecule has 1 N–H and O–H groups in total. The summed E-state index contributed by atoms with van der Waals surface area (Å²) in [6.07, 6.45) is 1.55. The lowest BCUT2D eigenvalue weighted by atomic mass is 10.2. The minimum Gasteiger partial charge on any atom is -0.493 e. The zero-order valence-corrected chi connectivity index (χ0v) is 18.6. The number of pyridine rings is 1. The van der Waals surface area contributed by atoms with Crippen molar-refractivity contribution in [2.75, 3.05) is 43.0 Å². The zero-order chi connectivity index (χ0) is 23.1. The van der Waals surface area contributed by atoms with Gasteiger partial charge in [0.1, 0.15) is 23.0 Å². The van der Waals surface area contributed by atoms with Crippen molar-refractivity contribution in [2.24, 2.45) is 0 Å². The third-order valence-electron chi connectivity index (χ3n) is 4.72. The number of carbonyl (C=O) groups excluding carboxylic acids is 2. The number of ether oxygens (including phenoxy) is 2. The molecule has 0 unspecified atom stereocenters. The fourth-order valence-corrected chi connectivity index (χ4v) is 3.12. The smallest absolute Gasteiger partial charge is 0.410 e. The van der Waals surface area contributed by atoms with E-state index >= 15 is 0 Å². The minimum absolute atomic E-state index is 0.146. The Balaban J connectivity index is 1.41. The average Bonchev–Trinajstić information content (AvgIpc) is 2.75. The van der Waals surface area contributed by atoms with Crippen molar-refractivity contribution in [3.63, 3.8) is 0 Å². The van der Waals surface area contributed by atoms with E-state index in [1.807, 2.05) is 26.8 Å². The molecule has 1 aliphatic rings. The SMILES string of the molecule is CC(C)(C)OC(=O)N1CCN(c2ccc(NC(=O)CCOc3ccc(F)cc3)nc2)CC1. The maximum absolute atomic E-state index is 12.9. The largest absolute Gasteiger partial charge is 0.493 e. The van der Waals surface area contributed by atoms with Gasteiger partial charge in [-0.2, -0.15) is 0 Å². The predicted octanol–water partition coefficient (Wildman–Crippen LogP) is 3.69. The summed E-state index contributed by atoms with van der Waals surface area (Å²) in [7, 11) is 0. The van der Waals surface area contributed by atoms with Crippen LogP contribution in [-0.2, 0) is 9.53 Å². The van der Waals surface area contributed by atoms with Gasteiger partial charge in [0.05, 0.1) is 24.9 Å². The molecule has 2 aromatic rings. The topological polar surface area (TPSA) is 84.0 Å². The van der Waals surface area contributed by atoms with Crippen LogP contribution >= 0.6 is 0 Å². The molecule has 0 spiro atoms. The first kappa shape index (κ1) is 23.3. The van der Waals surface area contributed by atoms with Crippen LogP contribution in [0.5, 0.6) is 5.75 Å². The number of halogens is 1. The molecule has 2 heterocycles. The quantitative estimate of drug-likeness (QED) is 0.732. The van der Waals surface area contributed by atoms with Crippen LogP contribution in [0.1, 0.15) is 27.2 Å². The molecular formula is C23H29FN4O4. The number of piperazine rings is 1. The third kappa shape index (κ3) is 7.11. The molecule has 1 aliphatic heterocycles. The lowest BCUT2D eigenvalue weighted by Gasteiger charge is -2.36. The second kappa shape index (κ2) is 10.3. The summed E-state index contributed by atoms with van der Waals surface area (Å²) in [6.45, 7) is 8.23. The first-order valence-electron chi connectivity index (χ1n) is 10.6. The molecule has 0 bridgehead atoms. The number of aromatic nitrogens is 1. The summed E-state index contributed by atoms with van der Waals surface area (Å²) in [5.74, 6) is 0.397. The number of amides is 2.